The van der Waals surface area contributed by atoms with Gasteiger partial charge in [-0.25, -0.2) is 0 Å². The Kier molecular flexibility index (Phi) is 6.68. The molecule has 13 atom stereocenters. The van der Waals surface area contributed by atoms with Crippen LogP contribution in [0.25, 0.3) is 0 Å². The van der Waals surface area contributed by atoms with Crippen molar-refractivity contribution in [1.82, 2.24) is 0 Å². The molecule has 3 saturated carbocycles. The Morgan fingerprint density at radius 1 is 1.05 bits per heavy atom. The number of aromatic hydroxyl groups is 1. The number of phenols is 1. The average molecular weight is 605 g/mol. The molecule has 7 nitrogen and oxygen atoms in total. The summed E-state index contributed by atoms with van der Waals surface area (Å²) in [5.74, 6) is 6.55. The van der Waals surface area contributed by atoms with Crippen molar-refractivity contribution in [2.45, 2.75) is 121 Å². The van der Waals surface area contributed by atoms with Crippen LogP contribution in [0.15, 0.2) is 35.9 Å². The number of epoxide rings is 1. The highest BCUT2D eigenvalue weighted by atomic mass is 16.6. The number of aliphatic hydroxyl groups is 4. The van der Waals surface area contributed by atoms with E-state index < -0.39 is 45.6 Å². The minimum absolute atomic E-state index is 0.0407. The highest BCUT2D eigenvalue weighted by Gasteiger charge is 2.75. The van der Waals surface area contributed by atoms with E-state index in [1.165, 1.54) is 0 Å². The van der Waals surface area contributed by atoms with Gasteiger partial charge in [0.15, 0.2) is 5.78 Å². The number of fused-ring (bicyclic) bond motifs is 4. The Morgan fingerprint density at radius 2 is 1.73 bits per heavy atom. The molecule has 1 heterocycles. The number of carbonyl (C=O) groups is 1. The van der Waals surface area contributed by atoms with Gasteiger partial charge < -0.3 is 30.3 Å². The second kappa shape index (κ2) is 9.65. The molecular weight excluding hydrogens is 556 g/mol. The number of hydrogen-bond donors (Lipinski definition) is 5. The quantitative estimate of drug-likeness (QED) is 0.251. The maximum Gasteiger partial charge on any atom is 0.164 e. The summed E-state index contributed by atoms with van der Waals surface area (Å²) < 4.78 is 6.19. The Balaban J connectivity index is 1.41. The third-order valence-electron chi connectivity index (χ3n) is 13.9. The number of carbonyl (C=O) groups excluding carboxylic acids is 1. The van der Waals surface area contributed by atoms with Crippen LogP contribution in [0.3, 0.4) is 0 Å². The predicted octanol–water partition coefficient (Wildman–Crippen LogP) is 4.25. The molecule has 7 heteroatoms. The molecule has 1 aliphatic heterocycles. The third-order valence-corrected chi connectivity index (χ3v) is 13.9. The summed E-state index contributed by atoms with van der Waals surface area (Å²) >= 11 is 0. The van der Waals surface area contributed by atoms with Crippen molar-refractivity contribution in [3.63, 3.8) is 0 Å². The summed E-state index contributed by atoms with van der Waals surface area (Å²) in [6.07, 6.45) is 2.24. The molecule has 0 radical (unpaired) electrons. The van der Waals surface area contributed by atoms with Gasteiger partial charge in [-0.3, -0.25) is 4.79 Å². The van der Waals surface area contributed by atoms with E-state index in [1.807, 2.05) is 6.92 Å². The highest BCUT2D eigenvalue weighted by molar-refractivity contribution is 5.99. The third kappa shape index (κ3) is 3.72. The molecule has 0 aromatic heterocycles. The second-order valence-corrected chi connectivity index (χ2v) is 16.0. The lowest BCUT2D eigenvalue weighted by molar-refractivity contribution is -0.189. The van der Waals surface area contributed by atoms with Crippen LogP contribution >= 0.6 is 0 Å². The van der Waals surface area contributed by atoms with Gasteiger partial charge >= 0.3 is 0 Å². The van der Waals surface area contributed by atoms with Crippen molar-refractivity contribution in [1.29, 1.82) is 0 Å². The minimum atomic E-state index is -1.33. The molecule has 4 bridgehead atoms. The van der Waals surface area contributed by atoms with E-state index in [-0.39, 0.29) is 54.3 Å². The maximum atomic E-state index is 14.8. The van der Waals surface area contributed by atoms with Crippen molar-refractivity contribution in [2.75, 3.05) is 0 Å². The first-order chi connectivity index (χ1) is 20.6. The zero-order valence-electron chi connectivity index (χ0n) is 26.6. The van der Waals surface area contributed by atoms with Gasteiger partial charge in [0, 0.05) is 11.8 Å². The van der Waals surface area contributed by atoms with Crippen LogP contribution in [-0.4, -0.2) is 66.9 Å². The van der Waals surface area contributed by atoms with Gasteiger partial charge in [0.25, 0.3) is 0 Å². The summed E-state index contributed by atoms with van der Waals surface area (Å²) in [5.41, 5.74) is -3.69. The predicted molar refractivity (Wildman–Crippen MR) is 164 cm³/mol. The van der Waals surface area contributed by atoms with Gasteiger partial charge in [-0.15, -0.1) is 5.92 Å². The van der Waals surface area contributed by atoms with Gasteiger partial charge in [-0.2, -0.15) is 0 Å². The van der Waals surface area contributed by atoms with Crippen molar-refractivity contribution in [3.05, 3.63) is 41.5 Å². The van der Waals surface area contributed by atoms with Gasteiger partial charge in [-0.05, 0) is 104 Å². The largest absolute Gasteiger partial charge is 0.508 e. The monoisotopic (exact) mass is 604 g/mol. The second-order valence-electron chi connectivity index (χ2n) is 16.0. The summed E-state index contributed by atoms with van der Waals surface area (Å²) in [4.78, 5) is 14.8. The fourth-order valence-electron chi connectivity index (χ4n) is 11.1. The van der Waals surface area contributed by atoms with Gasteiger partial charge in [0.05, 0.1) is 40.8 Å². The number of allylic oxidation sites excluding steroid dienone is 1. The van der Waals surface area contributed by atoms with E-state index in [0.717, 1.165) is 11.1 Å². The molecule has 5 N–H and O–H groups in total. The SMILES string of the molecule is CC(C)[C@@H](C)[C@@H]1O[C@H]1[C@](C)(O)[C@H]1CC[C@@]2(O)C3=CC(=O)[C@]45C[C@@H](O)[C@@H](O)C[C@]4(C)[C@H]3CC[C@]12CC#C[C@@H]5c1ccc(O)cc1. The number of hydrogen-bond acceptors (Lipinski definition) is 7. The molecular formula is C37H48O7. The topological polar surface area (TPSA) is 131 Å². The molecule has 1 saturated heterocycles. The lowest BCUT2D eigenvalue weighted by Crippen LogP contribution is -2.68. The number of aliphatic hydroxyl groups excluding tert-OH is 2. The van der Waals surface area contributed by atoms with Crippen LogP contribution < -0.4 is 0 Å². The fraction of sp³-hybridized carbons (Fsp3) is 0.703. The van der Waals surface area contributed by atoms with E-state index in [4.69, 9.17) is 4.74 Å². The van der Waals surface area contributed by atoms with Crippen molar-refractivity contribution in [3.8, 4) is 17.6 Å². The zero-order valence-corrected chi connectivity index (χ0v) is 26.6. The van der Waals surface area contributed by atoms with Gasteiger partial charge in [0.1, 0.15) is 11.9 Å². The Labute approximate surface area is 260 Å². The van der Waals surface area contributed by atoms with Crippen LogP contribution in [-0.2, 0) is 9.53 Å². The average Bonchev–Trinajstić information content (AvgIpc) is 3.71. The first-order valence-corrected chi connectivity index (χ1v) is 16.6. The highest BCUT2D eigenvalue weighted by Crippen LogP contribution is 2.74. The van der Waals surface area contributed by atoms with Gasteiger partial charge in [0.2, 0.25) is 0 Å². The summed E-state index contributed by atoms with van der Waals surface area (Å²) in [6.45, 7) is 10.4. The zero-order chi connectivity index (χ0) is 31.6. The normalized spacial score (nSPS) is 47.6. The van der Waals surface area contributed by atoms with Crippen LogP contribution in [0.2, 0.25) is 0 Å². The minimum Gasteiger partial charge on any atom is -0.508 e. The number of rotatable bonds is 5. The molecule has 0 unspecified atom stereocenters. The van der Waals surface area contributed by atoms with E-state index in [2.05, 4.69) is 39.5 Å². The molecule has 8 rings (SSSR count). The van der Waals surface area contributed by atoms with Crippen LogP contribution in [0.1, 0.15) is 91.0 Å². The molecule has 1 aromatic carbocycles. The Morgan fingerprint density at radius 3 is 2.41 bits per heavy atom. The van der Waals surface area contributed by atoms with E-state index in [0.29, 0.717) is 38.0 Å². The molecule has 2 spiro atoms. The number of phenolic OH excluding ortho intramolecular Hbond substituents is 1. The standard InChI is InChI=1S/C37H48O7/c1-20(2)21(3)31-32(44-31)34(5,42)29-13-16-37(43)26-17-30(41)36-19-28(40)27(39)18-33(36,4)25(26)12-15-35(29,37)14-6-7-24(36)22-8-10-23(38)11-9-22/h8-11,17,20-21,24-25,27-29,31-32,38-40,42-43H,12-16,18-19H2,1-5H3/t21-,24-,25+,27+,28-,29-,31+,32-,33-,34-,35-,36-,37-/m1/s1. The molecule has 4 fully saturated rings. The maximum absolute atomic E-state index is 14.8. The Bertz CT molecular complexity index is 1450. The molecule has 0 amide bonds. The fourth-order valence-corrected chi connectivity index (χ4v) is 11.1. The van der Waals surface area contributed by atoms with Crippen molar-refractivity contribution < 1.29 is 35.1 Å². The first-order valence-electron chi connectivity index (χ1n) is 16.6. The summed E-state index contributed by atoms with van der Waals surface area (Å²) in [5, 5.41) is 57.6. The van der Waals surface area contributed by atoms with Crippen molar-refractivity contribution >= 4 is 5.78 Å². The number of ether oxygens (including phenoxy) is 1. The molecule has 7 aliphatic rings. The van der Waals surface area contributed by atoms with Crippen LogP contribution in [0.4, 0.5) is 0 Å². The number of ketones is 1. The summed E-state index contributed by atoms with van der Waals surface area (Å²) in [6, 6.07) is 6.81. The van der Waals surface area contributed by atoms with E-state index >= 15 is 0 Å². The lowest BCUT2D eigenvalue weighted by Gasteiger charge is -2.66. The molecule has 1 aromatic rings. The van der Waals surface area contributed by atoms with Crippen molar-refractivity contribution in [2.24, 2.45) is 39.9 Å². The van der Waals surface area contributed by atoms with Crippen LogP contribution in [0, 0.1) is 51.8 Å². The van der Waals surface area contributed by atoms with Crippen LogP contribution in [0.5, 0.6) is 5.75 Å². The van der Waals surface area contributed by atoms with E-state index in [1.54, 1.807) is 30.3 Å². The first kappa shape index (κ1) is 30.4. The van der Waals surface area contributed by atoms with Gasteiger partial charge in [-0.1, -0.05) is 45.7 Å². The lowest BCUT2D eigenvalue weighted by atomic mass is 9.37. The summed E-state index contributed by atoms with van der Waals surface area (Å²) in [7, 11) is 0. The molecule has 6 aliphatic carbocycles. The number of benzene rings is 1. The van der Waals surface area contributed by atoms with E-state index in [9.17, 15) is 30.3 Å². The smallest absolute Gasteiger partial charge is 0.164 e. The molecule has 44 heavy (non-hydrogen) atoms. The molecule has 238 valence electrons. The Hall–Kier alpha value is -2.21.